The van der Waals surface area contributed by atoms with Crippen LogP contribution in [0.25, 0.3) is 0 Å². The lowest BCUT2D eigenvalue weighted by atomic mass is 9.93. The molecule has 0 fully saturated rings. The maximum absolute atomic E-state index is 13.7. The van der Waals surface area contributed by atoms with Crippen LogP contribution in [-0.2, 0) is 19.1 Å². The van der Waals surface area contributed by atoms with E-state index < -0.39 is 87.8 Å². The van der Waals surface area contributed by atoms with Crippen molar-refractivity contribution in [2.45, 2.75) is 64.8 Å². The highest BCUT2D eigenvalue weighted by Gasteiger charge is 2.50. The first-order valence-corrected chi connectivity index (χ1v) is 16.7. The quantitative estimate of drug-likeness (QED) is 0.236. The largest absolute Gasteiger partial charge is 0.444 e. The molecule has 0 saturated carbocycles. The number of rotatable bonds is 6. The Hall–Kier alpha value is -5.85. The van der Waals surface area contributed by atoms with Crippen molar-refractivity contribution in [3.63, 3.8) is 0 Å². The van der Waals surface area contributed by atoms with Gasteiger partial charge in [-0.05, 0) is 65.8 Å². The van der Waals surface area contributed by atoms with Gasteiger partial charge >= 0.3 is 12.2 Å². The number of carbonyl (C=O) groups is 9. The van der Waals surface area contributed by atoms with Crippen molar-refractivity contribution >= 4 is 52.7 Å². The predicted molar refractivity (Wildman–Crippen MR) is 182 cm³/mol. The summed E-state index contributed by atoms with van der Waals surface area (Å²) in [5, 5.41) is 0. The Labute approximate surface area is 298 Å². The molecule has 2 unspecified atom stereocenters. The fourth-order valence-electron chi connectivity index (χ4n) is 6.65. The lowest BCUT2D eigenvalue weighted by Gasteiger charge is -2.28. The van der Waals surface area contributed by atoms with E-state index >= 15 is 0 Å². The molecule has 2 amide bonds. The summed E-state index contributed by atoms with van der Waals surface area (Å²) < 4.78 is 10.8. The Balaban J connectivity index is 1.20. The second-order valence-electron chi connectivity index (χ2n) is 15.0. The van der Waals surface area contributed by atoms with Crippen LogP contribution in [0.2, 0.25) is 0 Å². The molecule has 13 nitrogen and oxygen atoms in total. The third kappa shape index (κ3) is 6.31. The first kappa shape index (κ1) is 36.0. The fourth-order valence-corrected chi connectivity index (χ4v) is 6.65. The monoisotopic (exact) mass is 708 g/mol. The summed E-state index contributed by atoms with van der Waals surface area (Å²) in [6, 6.07) is 5.17. The summed E-state index contributed by atoms with van der Waals surface area (Å²) in [5.41, 5.74) is -2.13. The van der Waals surface area contributed by atoms with Crippen molar-refractivity contribution in [3.8, 4) is 0 Å². The highest BCUT2D eigenvalue weighted by atomic mass is 16.6. The molecule has 2 aliphatic carbocycles. The fraction of sp³-hybridized carbons (Fsp3) is 0.359. The van der Waals surface area contributed by atoms with Crippen LogP contribution < -0.4 is 0 Å². The SMILES string of the molecule is CC(C)(C)OC(=O)N1CC=C[C@H]1C(=O)C1C(=O)c2ccc(C(=O)c3ccc4c(c3)C(=O)C(C(=O)[C@@H]3C=CCN3C(=O)OC(C)(C)C)C4=O)cc2C1=O. The molecule has 2 aromatic carbocycles. The highest BCUT2D eigenvalue weighted by molar-refractivity contribution is 6.38. The molecule has 52 heavy (non-hydrogen) atoms. The van der Waals surface area contributed by atoms with Gasteiger partial charge in [0.05, 0.1) is 0 Å². The summed E-state index contributed by atoms with van der Waals surface area (Å²) >= 11 is 0. The summed E-state index contributed by atoms with van der Waals surface area (Å²) in [4.78, 5) is 122. The number of hydrogen-bond donors (Lipinski definition) is 0. The van der Waals surface area contributed by atoms with E-state index in [1.54, 1.807) is 53.7 Å². The van der Waals surface area contributed by atoms with Gasteiger partial charge in [-0.3, -0.25) is 43.4 Å². The van der Waals surface area contributed by atoms with Gasteiger partial charge in [0.2, 0.25) is 0 Å². The third-order valence-electron chi connectivity index (χ3n) is 8.99. The van der Waals surface area contributed by atoms with Crippen molar-refractivity contribution < 1.29 is 52.6 Å². The molecular weight excluding hydrogens is 672 g/mol. The van der Waals surface area contributed by atoms with E-state index in [4.69, 9.17) is 9.47 Å². The number of ketones is 7. The molecule has 0 bridgehead atoms. The molecule has 0 N–H and O–H groups in total. The number of ether oxygens (including phenoxy) is 2. The molecule has 0 spiro atoms. The van der Waals surface area contributed by atoms with Crippen LogP contribution in [0, 0.1) is 11.8 Å². The summed E-state index contributed by atoms with van der Waals surface area (Å²) in [7, 11) is 0. The molecule has 2 heterocycles. The van der Waals surface area contributed by atoms with Crippen molar-refractivity contribution in [3.05, 3.63) is 94.1 Å². The summed E-state index contributed by atoms with van der Waals surface area (Å²) in [6.45, 7) is 10.1. The molecule has 13 heteroatoms. The van der Waals surface area contributed by atoms with Crippen LogP contribution in [0.4, 0.5) is 9.59 Å². The molecule has 2 aliphatic heterocycles. The van der Waals surface area contributed by atoms with E-state index in [9.17, 15) is 43.2 Å². The van der Waals surface area contributed by atoms with E-state index in [1.165, 1.54) is 48.6 Å². The average molecular weight is 709 g/mol. The van der Waals surface area contributed by atoms with Gasteiger partial charge in [0.25, 0.3) is 0 Å². The van der Waals surface area contributed by atoms with Crippen LogP contribution in [0.3, 0.4) is 0 Å². The van der Waals surface area contributed by atoms with Crippen LogP contribution in [-0.4, -0.2) is 98.8 Å². The molecule has 0 radical (unpaired) electrons. The zero-order valence-electron chi connectivity index (χ0n) is 29.4. The third-order valence-corrected chi connectivity index (χ3v) is 8.99. The molecule has 268 valence electrons. The maximum atomic E-state index is 13.7. The van der Waals surface area contributed by atoms with Gasteiger partial charge in [0, 0.05) is 46.5 Å². The highest BCUT2D eigenvalue weighted by Crippen LogP contribution is 2.34. The van der Waals surface area contributed by atoms with Gasteiger partial charge in [0.1, 0.15) is 35.1 Å². The summed E-state index contributed by atoms with van der Waals surface area (Å²) in [6.07, 6.45) is 4.45. The molecule has 2 aromatic rings. The number of carbonyl (C=O) groups excluding carboxylic acids is 9. The molecular formula is C39H36N2O11. The van der Waals surface area contributed by atoms with E-state index in [0.29, 0.717) is 0 Å². The Bertz CT molecular complexity index is 1930. The molecule has 4 aliphatic rings. The first-order chi connectivity index (χ1) is 24.3. The average Bonchev–Trinajstić information content (AvgIpc) is 3.84. The number of fused-ring (bicyclic) bond motifs is 2. The van der Waals surface area contributed by atoms with E-state index in [2.05, 4.69) is 0 Å². The van der Waals surface area contributed by atoms with Crippen molar-refractivity contribution in [2.75, 3.05) is 13.1 Å². The van der Waals surface area contributed by atoms with Gasteiger partial charge < -0.3 is 9.47 Å². The maximum Gasteiger partial charge on any atom is 0.411 e. The van der Waals surface area contributed by atoms with E-state index in [1.807, 2.05) is 0 Å². The zero-order valence-corrected chi connectivity index (χ0v) is 29.4. The van der Waals surface area contributed by atoms with Crippen LogP contribution in [0.5, 0.6) is 0 Å². The Kier molecular flexibility index (Phi) is 8.80. The molecule has 6 rings (SSSR count). The molecule has 0 aromatic heterocycles. The van der Waals surface area contributed by atoms with Gasteiger partial charge in [-0.1, -0.05) is 36.4 Å². The molecule has 4 atom stereocenters. The zero-order chi connectivity index (χ0) is 38.0. The van der Waals surface area contributed by atoms with Gasteiger partial charge in [-0.2, -0.15) is 0 Å². The number of hydrogen-bond acceptors (Lipinski definition) is 11. The van der Waals surface area contributed by atoms with Crippen molar-refractivity contribution in [2.24, 2.45) is 11.8 Å². The number of benzene rings is 2. The van der Waals surface area contributed by atoms with Crippen LogP contribution in [0.1, 0.15) is 98.9 Å². The van der Waals surface area contributed by atoms with Gasteiger partial charge in [-0.15, -0.1) is 0 Å². The van der Waals surface area contributed by atoms with Gasteiger partial charge in [-0.25, -0.2) is 9.59 Å². The smallest absolute Gasteiger partial charge is 0.411 e. The lowest BCUT2D eigenvalue weighted by molar-refractivity contribution is -0.124. The Morgan fingerprint density at radius 3 is 1.25 bits per heavy atom. The first-order valence-electron chi connectivity index (χ1n) is 16.7. The standard InChI is InChI=1S/C39H36N2O11/c1-38(2,3)51-36(49)40-15-7-9-25(40)34(47)27-30(43)21-13-11-19(17-23(21)32(27)45)29(42)20-12-14-22-24(18-20)33(46)28(31(22)44)35(48)26-10-8-16-41(26)37(50)52-39(4,5)6/h7-14,17-18,25-28H,15-16H2,1-6H3/t25-,26-,27?,28?/m0/s1. The normalized spacial score (nSPS) is 22.2. The molecule has 0 saturated heterocycles. The lowest BCUT2D eigenvalue weighted by Crippen LogP contribution is -2.47. The van der Waals surface area contributed by atoms with E-state index in [0.717, 1.165) is 9.80 Å². The minimum atomic E-state index is -1.72. The predicted octanol–water partition coefficient (Wildman–Crippen LogP) is 4.40. The van der Waals surface area contributed by atoms with Gasteiger partial charge in [0.15, 0.2) is 40.5 Å². The number of amides is 2. The second-order valence-corrected chi connectivity index (χ2v) is 15.0. The number of nitrogens with zero attached hydrogens (tertiary/aromatic N) is 2. The van der Waals surface area contributed by atoms with Crippen molar-refractivity contribution in [1.82, 2.24) is 9.80 Å². The van der Waals surface area contributed by atoms with Crippen LogP contribution >= 0.6 is 0 Å². The topological polar surface area (TPSA) is 179 Å². The Morgan fingerprint density at radius 2 is 0.904 bits per heavy atom. The van der Waals surface area contributed by atoms with E-state index in [-0.39, 0.29) is 46.5 Å². The van der Waals surface area contributed by atoms with Crippen LogP contribution in [0.15, 0.2) is 60.7 Å². The Morgan fingerprint density at radius 1 is 0.558 bits per heavy atom. The van der Waals surface area contributed by atoms with Crippen molar-refractivity contribution in [1.29, 1.82) is 0 Å². The number of Topliss-reactive ketones (excluding diaryl/α,β-unsaturated/α-hetero) is 6. The minimum Gasteiger partial charge on any atom is -0.444 e. The summed E-state index contributed by atoms with van der Waals surface area (Å²) in [5.74, 6) is -8.85. The second kappa shape index (κ2) is 12.7. The minimum absolute atomic E-state index is 0.0300.